The zero-order chi connectivity index (χ0) is 14.1. The maximum atomic E-state index is 11.4. The minimum Gasteiger partial charge on any atom is -0.494 e. The summed E-state index contributed by atoms with van der Waals surface area (Å²) in [7, 11) is 0. The molecule has 1 rings (SSSR count). The fraction of sp³-hybridized carbons (Fsp3) is 0.438. The van der Waals surface area contributed by atoms with Gasteiger partial charge in [0.05, 0.1) is 13.2 Å². The number of benzene rings is 1. The van der Waals surface area contributed by atoms with Gasteiger partial charge in [0.25, 0.3) is 0 Å². The van der Waals surface area contributed by atoms with E-state index in [1.165, 1.54) is 6.08 Å². The van der Waals surface area contributed by atoms with E-state index in [1.807, 2.05) is 31.2 Å². The molecule has 0 aliphatic carbocycles. The summed E-state index contributed by atoms with van der Waals surface area (Å²) in [5.74, 6) is 1.08. The molecule has 0 radical (unpaired) electrons. The number of carbonyl (C=O) groups excluding carboxylic acids is 1. The van der Waals surface area contributed by atoms with Crippen LogP contribution in [0.25, 0.3) is 6.08 Å². The van der Waals surface area contributed by atoms with Crippen molar-refractivity contribution in [1.82, 2.24) is 0 Å². The molecule has 0 saturated heterocycles. The molecule has 0 amide bonds. The van der Waals surface area contributed by atoms with Gasteiger partial charge in [-0.15, -0.1) is 0 Å². The molecule has 0 N–H and O–H groups in total. The van der Waals surface area contributed by atoms with Crippen molar-refractivity contribution in [3.63, 3.8) is 0 Å². The first kappa shape index (κ1) is 15.3. The van der Waals surface area contributed by atoms with Gasteiger partial charge in [-0.3, -0.25) is 0 Å². The average molecular weight is 262 g/mol. The van der Waals surface area contributed by atoms with Gasteiger partial charge in [-0.1, -0.05) is 26.0 Å². The molecule has 0 unspecified atom stereocenters. The zero-order valence-corrected chi connectivity index (χ0v) is 11.9. The monoisotopic (exact) mass is 262 g/mol. The van der Waals surface area contributed by atoms with Gasteiger partial charge in [0, 0.05) is 6.08 Å². The quantitative estimate of drug-likeness (QED) is 0.555. The normalized spacial score (nSPS) is 10.9. The van der Waals surface area contributed by atoms with Crippen molar-refractivity contribution < 1.29 is 14.3 Å². The summed E-state index contributed by atoms with van der Waals surface area (Å²) in [4.78, 5) is 11.4. The summed E-state index contributed by atoms with van der Waals surface area (Å²) < 4.78 is 10.4. The van der Waals surface area contributed by atoms with Crippen LogP contribution in [0.5, 0.6) is 5.75 Å². The number of carbonyl (C=O) groups is 1. The van der Waals surface area contributed by atoms with Crippen LogP contribution in [0.15, 0.2) is 30.3 Å². The molecule has 0 spiro atoms. The van der Waals surface area contributed by atoms with Crippen LogP contribution in [0, 0.1) is 5.92 Å². The molecule has 0 saturated carbocycles. The summed E-state index contributed by atoms with van der Waals surface area (Å²) in [6.45, 7) is 7.27. The lowest BCUT2D eigenvalue weighted by atomic mass is 10.1. The van der Waals surface area contributed by atoms with Crippen LogP contribution in [0.2, 0.25) is 0 Å². The SMILES string of the molecule is CCOc1ccc(C=CC(=O)OCCC(C)C)cc1. The lowest BCUT2D eigenvalue weighted by Gasteiger charge is -2.04. The molecule has 1 aromatic rings. The minimum atomic E-state index is -0.297. The zero-order valence-electron chi connectivity index (χ0n) is 11.9. The molecule has 19 heavy (non-hydrogen) atoms. The molecule has 0 aromatic heterocycles. The number of hydrogen-bond donors (Lipinski definition) is 0. The number of rotatable bonds is 7. The molecule has 3 nitrogen and oxygen atoms in total. The van der Waals surface area contributed by atoms with Crippen molar-refractivity contribution >= 4 is 12.0 Å². The summed E-state index contributed by atoms with van der Waals surface area (Å²) >= 11 is 0. The second-order valence-electron chi connectivity index (χ2n) is 4.69. The lowest BCUT2D eigenvalue weighted by molar-refractivity contribution is -0.137. The third-order valence-corrected chi connectivity index (χ3v) is 2.54. The molecular formula is C16H22O3. The van der Waals surface area contributed by atoms with Crippen LogP contribution in [-0.2, 0) is 9.53 Å². The van der Waals surface area contributed by atoms with Crippen LogP contribution in [-0.4, -0.2) is 19.2 Å². The lowest BCUT2D eigenvalue weighted by Crippen LogP contribution is -2.04. The number of esters is 1. The molecule has 0 bridgehead atoms. The first-order chi connectivity index (χ1) is 9.11. The summed E-state index contributed by atoms with van der Waals surface area (Å²) in [5, 5.41) is 0. The smallest absolute Gasteiger partial charge is 0.330 e. The highest BCUT2D eigenvalue weighted by atomic mass is 16.5. The summed E-state index contributed by atoms with van der Waals surface area (Å²) in [6, 6.07) is 7.58. The van der Waals surface area contributed by atoms with Crippen molar-refractivity contribution in [2.75, 3.05) is 13.2 Å². The Morgan fingerprint density at radius 3 is 2.53 bits per heavy atom. The van der Waals surface area contributed by atoms with Crippen LogP contribution >= 0.6 is 0 Å². The maximum absolute atomic E-state index is 11.4. The van der Waals surface area contributed by atoms with E-state index in [2.05, 4.69) is 13.8 Å². The van der Waals surface area contributed by atoms with E-state index < -0.39 is 0 Å². The fourth-order valence-corrected chi connectivity index (χ4v) is 1.45. The van der Waals surface area contributed by atoms with E-state index in [4.69, 9.17) is 9.47 Å². The molecule has 0 aliphatic heterocycles. The standard InChI is InChI=1S/C16H22O3/c1-4-18-15-8-5-14(6-9-15)7-10-16(17)19-12-11-13(2)3/h5-10,13H,4,11-12H2,1-3H3. The predicted molar refractivity (Wildman–Crippen MR) is 77.1 cm³/mol. The van der Waals surface area contributed by atoms with Gasteiger partial charge in [0.15, 0.2) is 0 Å². The van der Waals surface area contributed by atoms with Gasteiger partial charge >= 0.3 is 5.97 Å². The van der Waals surface area contributed by atoms with Crippen molar-refractivity contribution in [2.45, 2.75) is 27.2 Å². The Morgan fingerprint density at radius 2 is 1.95 bits per heavy atom. The van der Waals surface area contributed by atoms with E-state index in [9.17, 15) is 4.79 Å². The number of ether oxygens (including phenoxy) is 2. The van der Waals surface area contributed by atoms with Crippen molar-refractivity contribution in [2.24, 2.45) is 5.92 Å². The summed E-state index contributed by atoms with van der Waals surface area (Å²) in [6.07, 6.45) is 4.09. The average Bonchev–Trinajstić information content (AvgIpc) is 2.38. The first-order valence-electron chi connectivity index (χ1n) is 6.69. The maximum Gasteiger partial charge on any atom is 0.330 e. The Morgan fingerprint density at radius 1 is 1.26 bits per heavy atom. The topological polar surface area (TPSA) is 35.5 Å². The predicted octanol–water partition coefficient (Wildman–Crippen LogP) is 3.69. The van der Waals surface area contributed by atoms with Crippen molar-refractivity contribution in [3.8, 4) is 5.75 Å². The summed E-state index contributed by atoms with van der Waals surface area (Å²) in [5.41, 5.74) is 0.948. The van der Waals surface area contributed by atoms with E-state index in [0.29, 0.717) is 19.1 Å². The Bertz CT molecular complexity index is 405. The first-order valence-corrected chi connectivity index (χ1v) is 6.69. The molecular weight excluding hydrogens is 240 g/mol. The van der Waals surface area contributed by atoms with Crippen molar-refractivity contribution in [3.05, 3.63) is 35.9 Å². The Kier molecular flexibility index (Phi) is 6.72. The van der Waals surface area contributed by atoms with Gasteiger partial charge in [-0.2, -0.15) is 0 Å². The van der Waals surface area contributed by atoms with Crippen molar-refractivity contribution in [1.29, 1.82) is 0 Å². The van der Waals surface area contributed by atoms with Gasteiger partial charge in [-0.05, 0) is 43.0 Å². The second-order valence-corrected chi connectivity index (χ2v) is 4.69. The molecule has 0 atom stereocenters. The van der Waals surface area contributed by atoms with E-state index in [-0.39, 0.29) is 5.97 Å². The highest BCUT2D eigenvalue weighted by molar-refractivity contribution is 5.87. The highest BCUT2D eigenvalue weighted by Gasteiger charge is 1.99. The van der Waals surface area contributed by atoms with Gasteiger partial charge in [-0.25, -0.2) is 4.79 Å². The van der Waals surface area contributed by atoms with Gasteiger partial charge in [0.2, 0.25) is 0 Å². The van der Waals surface area contributed by atoms with E-state index in [1.54, 1.807) is 6.08 Å². The minimum absolute atomic E-state index is 0.297. The van der Waals surface area contributed by atoms with Gasteiger partial charge in [0.1, 0.15) is 5.75 Å². The second kappa shape index (κ2) is 8.35. The van der Waals surface area contributed by atoms with Crippen LogP contribution in [0.4, 0.5) is 0 Å². The van der Waals surface area contributed by atoms with E-state index >= 15 is 0 Å². The van der Waals surface area contributed by atoms with Crippen LogP contribution < -0.4 is 4.74 Å². The van der Waals surface area contributed by atoms with Crippen LogP contribution in [0.1, 0.15) is 32.8 Å². The van der Waals surface area contributed by atoms with Gasteiger partial charge < -0.3 is 9.47 Å². The molecule has 104 valence electrons. The molecule has 3 heteroatoms. The fourth-order valence-electron chi connectivity index (χ4n) is 1.45. The third-order valence-electron chi connectivity index (χ3n) is 2.54. The Labute approximate surface area is 115 Å². The largest absolute Gasteiger partial charge is 0.494 e. The molecule has 0 aliphatic rings. The highest BCUT2D eigenvalue weighted by Crippen LogP contribution is 2.13. The van der Waals surface area contributed by atoms with E-state index in [0.717, 1.165) is 17.7 Å². The Hall–Kier alpha value is -1.77. The molecule has 0 heterocycles. The van der Waals surface area contributed by atoms with Crippen LogP contribution in [0.3, 0.4) is 0 Å². The Balaban J connectivity index is 2.40. The molecule has 0 fully saturated rings. The third kappa shape index (κ3) is 6.65. The molecule has 1 aromatic carbocycles. The number of hydrogen-bond acceptors (Lipinski definition) is 3.